The van der Waals surface area contributed by atoms with Gasteiger partial charge in [-0.15, -0.1) is 5.10 Å². The zero-order valence-corrected chi connectivity index (χ0v) is 13.7. The molecular formula is C19H18N4O2. The summed E-state index contributed by atoms with van der Waals surface area (Å²) in [5.41, 5.74) is 2.80. The molecule has 0 saturated carbocycles. The fraction of sp³-hybridized carbons (Fsp3) is 0.211. The minimum absolute atomic E-state index is 0.0547. The first-order valence-corrected chi connectivity index (χ1v) is 8.25. The summed E-state index contributed by atoms with van der Waals surface area (Å²) >= 11 is 0. The van der Waals surface area contributed by atoms with Gasteiger partial charge in [0.05, 0.1) is 18.4 Å². The number of aromatic nitrogens is 3. The van der Waals surface area contributed by atoms with Crippen molar-refractivity contribution in [3.05, 3.63) is 72.1 Å². The molecule has 0 aliphatic carbocycles. The largest absolute Gasteiger partial charge is 0.482 e. The first-order chi connectivity index (χ1) is 12.3. The number of hydrogen-bond donors (Lipinski definition) is 0. The minimum Gasteiger partial charge on any atom is -0.482 e. The molecule has 3 aromatic rings. The maximum absolute atomic E-state index is 12.2. The van der Waals surface area contributed by atoms with E-state index in [1.807, 2.05) is 53.3 Å². The molecular weight excluding hydrogens is 316 g/mol. The number of carbonyl (C=O) groups excluding carboxylic acids is 1. The summed E-state index contributed by atoms with van der Waals surface area (Å²) in [6, 6.07) is 17.8. The minimum atomic E-state index is -0.0717. The lowest BCUT2D eigenvalue weighted by Gasteiger charge is -2.28. The van der Waals surface area contributed by atoms with Crippen LogP contribution in [0.25, 0.3) is 0 Å². The Morgan fingerprint density at radius 2 is 1.84 bits per heavy atom. The third-order valence-electron chi connectivity index (χ3n) is 4.19. The number of rotatable bonds is 5. The maximum Gasteiger partial charge on any atom is 0.265 e. The lowest BCUT2D eigenvalue weighted by Crippen LogP contribution is -2.38. The van der Waals surface area contributed by atoms with Gasteiger partial charge in [0.1, 0.15) is 11.4 Å². The van der Waals surface area contributed by atoms with Crippen LogP contribution in [0.5, 0.6) is 5.75 Å². The van der Waals surface area contributed by atoms with E-state index in [1.54, 1.807) is 4.90 Å². The smallest absolute Gasteiger partial charge is 0.265 e. The second-order valence-electron chi connectivity index (χ2n) is 5.94. The number of fused-ring (bicyclic) bond motifs is 1. The van der Waals surface area contributed by atoms with Gasteiger partial charge in [-0.1, -0.05) is 47.7 Å². The Morgan fingerprint density at radius 3 is 2.72 bits per heavy atom. The zero-order chi connectivity index (χ0) is 17.1. The summed E-state index contributed by atoms with van der Waals surface area (Å²) in [6.07, 6.45) is 2.79. The normalized spacial score (nSPS) is 13.4. The van der Waals surface area contributed by atoms with Crippen molar-refractivity contribution in [1.29, 1.82) is 0 Å². The zero-order valence-electron chi connectivity index (χ0n) is 13.7. The van der Waals surface area contributed by atoms with Crippen LogP contribution < -0.4 is 9.64 Å². The van der Waals surface area contributed by atoms with E-state index in [2.05, 4.69) is 22.4 Å². The number of carbonyl (C=O) groups is 1. The van der Waals surface area contributed by atoms with Crippen LogP contribution in [0.15, 0.2) is 60.8 Å². The molecule has 0 atom stereocenters. The van der Waals surface area contributed by atoms with Gasteiger partial charge in [-0.05, 0) is 24.1 Å². The molecule has 25 heavy (non-hydrogen) atoms. The molecule has 6 heteroatoms. The van der Waals surface area contributed by atoms with Crippen molar-refractivity contribution in [2.45, 2.75) is 19.5 Å². The van der Waals surface area contributed by atoms with Crippen LogP contribution in [0.2, 0.25) is 0 Å². The van der Waals surface area contributed by atoms with Gasteiger partial charge < -0.3 is 4.74 Å². The van der Waals surface area contributed by atoms with Gasteiger partial charge in [-0.25, -0.2) is 0 Å². The molecule has 6 nitrogen and oxygen atoms in total. The number of anilines is 1. The average molecular weight is 334 g/mol. The van der Waals surface area contributed by atoms with E-state index in [-0.39, 0.29) is 12.5 Å². The Balaban J connectivity index is 1.45. The van der Waals surface area contributed by atoms with Crippen molar-refractivity contribution in [2.24, 2.45) is 0 Å². The molecule has 2 aromatic carbocycles. The number of ether oxygens (including phenoxy) is 1. The fourth-order valence-corrected chi connectivity index (χ4v) is 2.90. The molecule has 0 spiro atoms. The quantitative estimate of drug-likeness (QED) is 0.719. The predicted octanol–water partition coefficient (Wildman–Crippen LogP) is 2.45. The highest BCUT2D eigenvalue weighted by Crippen LogP contribution is 2.32. The molecule has 0 saturated heterocycles. The lowest BCUT2D eigenvalue weighted by atomic mass is 10.1. The molecule has 0 bridgehead atoms. The summed E-state index contributed by atoms with van der Waals surface area (Å²) in [6.45, 7) is 1.20. The summed E-state index contributed by atoms with van der Waals surface area (Å²) in [5.74, 6) is 0.649. The van der Waals surface area contributed by atoms with Crippen LogP contribution in [0, 0.1) is 0 Å². The SMILES string of the molecule is O=C1COc2ccccc2N1Cc1cn(CCc2ccccc2)nn1. The van der Waals surface area contributed by atoms with Gasteiger partial charge in [0.2, 0.25) is 0 Å². The van der Waals surface area contributed by atoms with Crippen molar-refractivity contribution in [3.8, 4) is 5.75 Å². The topological polar surface area (TPSA) is 60.2 Å². The van der Waals surface area contributed by atoms with Crippen molar-refractivity contribution < 1.29 is 9.53 Å². The van der Waals surface area contributed by atoms with Gasteiger partial charge in [0.15, 0.2) is 6.61 Å². The molecule has 0 fully saturated rings. The van der Waals surface area contributed by atoms with Crippen molar-refractivity contribution in [3.63, 3.8) is 0 Å². The molecule has 1 aliphatic heterocycles. The van der Waals surface area contributed by atoms with Gasteiger partial charge in [0, 0.05) is 6.54 Å². The van der Waals surface area contributed by atoms with E-state index < -0.39 is 0 Å². The third kappa shape index (κ3) is 3.38. The Labute approximate surface area is 145 Å². The van der Waals surface area contributed by atoms with Gasteiger partial charge >= 0.3 is 0 Å². The van der Waals surface area contributed by atoms with E-state index in [0.29, 0.717) is 6.54 Å². The van der Waals surface area contributed by atoms with Crippen LogP contribution >= 0.6 is 0 Å². The summed E-state index contributed by atoms with van der Waals surface area (Å²) in [7, 11) is 0. The average Bonchev–Trinajstić information content (AvgIpc) is 3.11. The van der Waals surface area contributed by atoms with Gasteiger partial charge in [-0.2, -0.15) is 0 Å². The van der Waals surface area contributed by atoms with E-state index >= 15 is 0 Å². The van der Waals surface area contributed by atoms with Crippen LogP contribution in [0.3, 0.4) is 0 Å². The van der Waals surface area contributed by atoms with Crippen LogP contribution in [-0.4, -0.2) is 27.5 Å². The highest BCUT2D eigenvalue weighted by molar-refractivity contribution is 5.97. The second-order valence-corrected chi connectivity index (χ2v) is 5.94. The number of nitrogens with zero attached hydrogens (tertiary/aromatic N) is 4. The molecule has 1 aliphatic rings. The molecule has 0 N–H and O–H groups in total. The Morgan fingerprint density at radius 1 is 1.04 bits per heavy atom. The van der Waals surface area contributed by atoms with Gasteiger partial charge in [-0.3, -0.25) is 14.4 Å². The highest BCUT2D eigenvalue weighted by Gasteiger charge is 2.25. The summed E-state index contributed by atoms with van der Waals surface area (Å²) in [5, 5.41) is 8.38. The van der Waals surface area contributed by atoms with Crippen molar-refractivity contribution in [2.75, 3.05) is 11.5 Å². The van der Waals surface area contributed by atoms with Crippen molar-refractivity contribution in [1.82, 2.24) is 15.0 Å². The van der Waals surface area contributed by atoms with Crippen LogP contribution in [-0.2, 0) is 24.3 Å². The van der Waals surface area contributed by atoms with Gasteiger partial charge in [0.25, 0.3) is 5.91 Å². The fourth-order valence-electron chi connectivity index (χ4n) is 2.90. The van der Waals surface area contributed by atoms with E-state index in [1.165, 1.54) is 5.56 Å². The number of amides is 1. The lowest BCUT2D eigenvalue weighted by molar-refractivity contribution is -0.121. The molecule has 4 rings (SSSR count). The standard InChI is InChI=1S/C19H18N4O2/c24-19-14-25-18-9-5-4-8-17(18)23(19)13-16-12-22(21-20-16)11-10-15-6-2-1-3-7-15/h1-9,12H,10-11,13-14H2. The second kappa shape index (κ2) is 6.76. The summed E-state index contributed by atoms with van der Waals surface area (Å²) < 4.78 is 7.28. The highest BCUT2D eigenvalue weighted by atomic mass is 16.5. The van der Waals surface area contributed by atoms with E-state index in [0.717, 1.165) is 30.1 Å². The summed E-state index contributed by atoms with van der Waals surface area (Å²) in [4.78, 5) is 13.9. The third-order valence-corrected chi connectivity index (χ3v) is 4.19. The maximum atomic E-state index is 12.2. The molecule has 0 radical (unpaired) electrons. The van der Waals surface area contributed by atoms with Crippen molar-refractivity contribution >= 4 is 11.6 Å². The molecule has 2 heterocycles. The van der Waals surface area contributed by atoms with E-state index in [9.17, 15) is 4.79 Å². The number of hydrogen-bond acceptors (Lipinski definition) is 4. The molecule has 1 aromatic heterocycles. The number of para-hydroxylation sites is 2. The predicted molar refractivity (Wildman–Crippen MR) is 93.3 cm³/mol. The molecule has 126 valence electrons. The first kappa shape index (κ1) is 15.4. The Bertz CT molecular complexity index is 876. The number of benzene rings is 2. The Kier molecular flexibility index (Phi) is 4.16. The molecule has 1 amide bonds. The Hall–Kier alpha value is -3.15. The number of aryl methyl sites for hydroxylation is 2. The monoisotopic (exact) mass is 334 g/mol. The molecule has 0 unspecified atom stereocenters. The first-order valence-electron chi connectivity index (χ1n) is 8.25. The van der Waals surface area contributed by atoms with E-state index in [4.69, 9.17) is 4.74 Å². The van der Waals surface area contributed by atoms with Crippen LogP contribution in [0.4, 0.5) is 5.69 Å². The van der Waals surface area contributed by atoms with Crippen LogP contribution in [0.1, 0.15) is 11.3 Å².